The van der Waals surface area contributed by atoms with Gasteiger partial charge in [-0.25, -0.2) is 0 Å². The van der Waals surface area contributed by atoms with Crippen molar-refractivity contribution in [1.82, 2.24) is 10.2 Å². The third kappa shape index (κ3) is 3.58. The van der Waals surface area contributed by atoms with E-state index in [1.807, 2.05) is 0 Å². The summed E-state index contributed by atoms with van der Waals surface area (Å²) in [6, 6.07) is 11.7. The Morgan fingerprint density at radius 3 is 2.63 bits per heavy atom. The smallest absolute Gasteiger partial charge is 0.0177 e. The van der Waals surface area contributed by atoms with Gasteiger partial charge in [0.15, 0.2) is 0 Å². The molecule has 2 nitrogen and oxygen atoms in total. The summed E-state index contributed by atoms with van der Waals surface area (Å²) in [5.41, 5.74) is 1.66. The molecule has 0 aromatic heterocycles. The van der Waals surface area contributed by atoms with E-state index in [2.05, 4.69) is 61.3 Å². The summed E-state index contributed by atoms with van der Waals surface area (Å²) in [4.78, 5) is 2.66. The van der Waals surface area contributed by atoms with Gasteiger partial charge in [-0.05, 0) is 38.4 Å². The van der Waals surface area contributed by atoms with E-state index in [0.717, 1.165) is 25.7 Å². The predicted octanol–water partition coefficient (Wildman–Crippen LogP) is 3.04. The van der Waals surface area contributed by atoms with Gasteiger partial charge in [-0.15, -0.1) is 0 Å². The topological polar surface area (TPSA) is 15.3 Å². The fourth-order valence-corrected chi connectivity index (χ4v) is 3.17. The van der Waals surface area contributed by atoms with Crippen molar-refractivity contribution in [3.8, 4) is 0 Å². The van der Waals surface area contributed by atoms with Crippen LogP contribution in [0.15, 0.2) is 30.3 Å². The van der Waals surface area contributed by atoms with Gasteiger partial charge in [-0.3, -0.25) is 4.90 Å². The minimum Gasteiger partial charge on any atom is -0.316 e. The maximum Gasteiger partial charge on any atom is 0.0177 e. The molecule has 1 N–H and O–H groups in total. The van der Waals surface area contributed by atoms with Crippen molar-refractivity contribution >= 4 is 0 Å². The van der Waals surface area contributed by atoms with Crippen LogP contribution < -0.4 is 5.32 Å². The number of hydrogen-bond acceptors (Lipinski definition) is 2. The van der Waals surface area contributed by atoms with Crippen molar-refractivity contribution in [2.75, 3.05) is 26.2 Å². The Kier molecular flexibility index (Phi) is 5.00. The van der Waals surface area contributed by atoms with E-state index in [-0.39, 0.29) is 5.41 Å². The lowest BCUT2D eigenvalue weighted by molar-refractivity contribution is 0.206. The van der Waals surface area contributed by atoms with E-state index in [9.17, 15) is 0 Å². The van der Waals surface area contributed by atoms with Crippen LogP contribution in [0.4, 0.5) is 0 Å². The van der Waals surface area contributed by atoms with E-state index in [4.69, 9.17) is 0 Å². The van der Waals surface area contributed by atoms with E-state index in [1.165, 1.54) is 24.9 Å². The Bertz CT molecular complexity index is 376. The van der Waals surface area contributed by atoms with Crippen molar-refractivity contribution < 1.29 is 0 Å². The Labute approximate surface area is 118 Å². The molecule has 1 fully saturated rings. The normalized spacial score (nSPS) is 23.4. The molecule has 19 heavy (non-hydrogen) atoms. The van der Waals surface area contributed by atoms with E-state index in [1.54, 1.807) is 0 Å². The van der Waals surface area contributed by atoms with Gasteiger partial charge in [0.25, 0.3) is 0 Å². The zero-order chi connectivity index (χ0) is 13.7. The van der Waals surface area contributed by atoms with Gasteiger partial charge in [0.1, 0.15) is 0 Å². The summed E-state index contributed by atoms with van der Waals surface area (Å²) in [7, 11) is 0. The summed E-state index contributed by atoms with van der Waals surface area (Å²) in [6.45, 7) is 11.5. The highest BCUT2D eigenvalue weighted by atomic mass is 15.2. The number of nitrogens with zero attached hydrogens (tertiary/aromatic N) is 1. The van der Waals surface area contributed by atoms with Crippen LogP contribution in [0.5, 0.6) is 0 Å². The molecular weight excluding hydrogens is 232 g/mol. The maximum atomic E-state index is 3.55. The number of nitrogens with one attached hydrogen (secondary N) is 1. The number of likely N-dealkylation sites (tertiary alicyclic amines) is 1. The van der Waals surface area contributed by atoms with E-state index < -0.39 is 0 Å². The molecule has 0 amide bonds. The monoisotopic (exact) mass is 260 g/mol. The molecule has 1 aliphatic heterocycles. The number of hydrogen-bond donors (Lipinski definition) is 1. The predicted molar refractivity (Wildman–Crippen MR) is 82.6 cm³/mol. The third-order valence-corrected chi connectivity index (χ3v) is 4.48. The molecule has 2 heteroatoms. The largest absolute Gasteiger partial charge is 0.316 e. The molecule has 0 spiro atoms. The van der Waals surface area contributed by atoms with Gasteiger partial charge in [-0.1, -0.05) is 44.2 Å². The zero-order valence-corrected chi connectivity index (χ0v) is 12.7. The average Bonchev–Trinajstić information content (AvgIpc) is 2.83. The Morgan fingerprint density at radius 2 is 2.05 bits per heavy atom. The van der Waals surface area contributed by atoms with Gasteiger partial charge in [0, 0.05) is 24.5 Å². The molecule has 2 unspecified atom stereocenters. The van der Waals surface area contributed by atoms with Crippen LogP contribution in [0.25, 0.3) is 0 Å². The molecule has 2 rings (SSSR count). The Hall–Kier alpha value is -0.860. The van der Waals surface area contributed by atoms with Gasteiger partial charge < -0.3 is 5.32 Å². The van der Waals surface area contributed by atoms with Crippen molar-refractivity contribution in [2.24, 2.45) is 0 Å². The van der Waals surface area contributed by atoms with E-state index >= 15 is 0 Å². The van der Waals surface area contributed by atoms with Crippen LogP contribution in [0.2, 0.25) is 0 Å². The highest BCUT2D eigenvalue weighted by Gasteiger charge is 2.32. The van der Waals surface area contributed by atoms with E-state index in [0.29, 0.717) is 0 Å². The second-order valence-corrected chi connectivity index (χ2v) is 6.17. The van der Waals surface area contributed by atoms with Gasteiger partial charge in [-0.2, -0.15) is 0 Å². The summed E-state index contributed by atoms with van der Waals surface area (Å²) in [5.74, 6) is 0. The zero-order valence-electron chi connectivity index (χ0n) is 12.7. The second kappa shape index (κ2) is 6.53. The highest BCUT2D eigenvalue weighted by molar-refractivity contribution is 5.26. The molecule has 1 aromatic carbocycles. The van der Waals surface area contributed by atoms with Crippen molar-refractivity contribution in [3.05, 3.63) is 35.9 Å². The molecule has 1 aliphatic rings. The summed E-state index contributed by atoms with van der Waals surface area (Å²) in [5, 5.41) is 3.55. The number of likely N-dealkylation sites (N-methyl/N-ethyl adjacent to an activating group) is 1. The molecule has 0 saturated carbocycles. The SMILES string of the molecule is CCNCC(C)(CN1CCCC1C)c1ccccc1. The standard InChI is InChI=1S/C17H28N2/c1-4-18-13-17(3,16-10-6-5-7-11-16)14-19-12-8-9-15(19)2/h5-7,10-11,15,18H,4,8-9,12-14H2,1-3H3. The minimum absolute atomic E-state index is 0.204. The molecule has 2 atom stereocenters. The van der Waals surface area contributed by atoms with Crippen molar-refractivity contribution in [1.29, 1.82) is 0 Å². The van der Waals surface area contributed by atoms with Gasteiger partial charge in [0.05, 0.1) is 0 Å². The van der Waals surface area contributed by atoms with Gasteiger partial charge in [0.2, 0.25) is 0 Å². The Balaban J connectivity index is 2.14. The summed E-state index contributed by atoms with van der Waals surface area (Å²) >= 11 is 0. The lowest BCUT2D eigenvalue weighted by Gasteiger charge is -2.36. The summed E-state index contributed by atoms with van der Waals surface area (Å²) in [6.07, 6.45) is 2.71. The lowest BCUT2D eigenvalue weighted by Crippen LogP contribution is -2.46. The quantitative estimate of drug-likeness (QED) is 0.846. The summed E-state index contributed by atoms with van der Waals surface area (Å²) < 4.78 is 0. The third-order valence-electron chi connectivity index (χ3n) is 4.48. The first-order valence-electron chi connectivity index (χ1n) is 7.66. The number of benzene rings is 1. The highest BCUT2D eigenvalue weighted by Crippen LogP contribution is 2.28. The maximum absolute atomic E-state index is 3.55. The first-order chi connectivity index (χ1) is 9.15. The molecule has 1 aromatic rings. The molecule has 0 aliphatic carbocycles. The minimum atomic E-state index is 0.204. The lowest BCUT2D eigenvalue weighted by atomic mass is 9.81. The fourth-order valence-electron chi connectivity index (χ4n) is 3.17. The molecular formula is C17H28N2. The first-order valence-corrected chi connectivity index (χ1v) is 7.66. The van der Waals surface area contributed by atoms with Crippen LogP contribution in [0.1, 0.15) is 39.2 Å². The Morgan fingerprint density at radius 1 is 1.32 bits per heavy atom. The number of rotatable bonds is 6. The molecule has 1 heterocycles. The first kappa shape index (κ1) is 14.5. The van der Waals surface area contributed by atoms with Crippen molar-refractivity contribution in [2.45, 2.75) is 45.1 Å². The average molecular weight is 260 g/mol. The van der Waals surface area contributed by atoms with Crippen LogP contribution in [0.3, 0.4) is 0 Å². The van der Waals surface area contributed by atoms with Crippen LogP contribution in [-0.4, -0.2) is 37.1 Å². The molecule has 0 bridgehead atoms. The van der Waals surface area contributed by atoms with Gasteiger partial charge >= 0.3 is 0 Å². The fraction of sp³-hybridized carbons (Fsp3) is 0.647. The molecule has 1 saturated heterocycles. The molecule has 106 valence electrons. The molecule has 0 radical (unpaired) electrons. The van der Waals surface area contributed by atoms with Crippen LogP contribution >= 0.6 is 0 Å². The van der Waals surface area contributed by atoms with Crippen LogP contribution in [-0.2, 0) is 5.41 Å². The van der Waals surface area contributed by atoms with Crippen LogP contribution in [0, 0.1) is 0 Å². The van der Waals surface area contributed by atoms with Crippen molar-refractivity contribution in [3.63, 3.8) is 0 Å². The second-order valence-electron chi connectivity index (χ2n) is 6.17.